The Bertz CT molecular complexity index is 331. The number of alkyl halides is 2. The molecule has 1 aromatic carbocycles. The van der Waals surface area contributed by atoms with Crippen molar-refractivity contribution < 1.29 is 13.9 Å². The smallest absolute Gasteiger partial charge is 0.263 e. The Morgan fingerprint density at radius 2 is 2.12 bits per heavy atom. The Labute approximate surface area is 101 Å². The quantitative estimate of drug-likeness (QED) is 0.771. The van der Waals surface area contributed by atoms with Crippen LogP contribution in [0.2, 0.25) is 0 Å². The van der Waals surface area contributed by atoms with E-state index >= 15 is 0 Å². The number of hydrogen-bond acceptors (Lipinski definition) is 2. The maximum atomic E-state index is 12.5. The first-order chi connectivity index (χ1) is 8.13. The van der Waals surface area contributed by atoms with Gasteiger partial charge in [0.05, 0.1) is 0 Å². The van der Waals surface area contributed by atoms with Gasteiger partial charge in [0.15, 0.2) is 0 Å². The molecule has 0 aliphatic heterocycles. The summed E-state index contributed by atoms with van der Waals surface area (Å²) in [4.78, 5) is 0. The lowest BCUT2D eigenvalue weighted by Crippen LogP contribution is -2.25. The Kier molecular flexibility index (Phi) is 6.08. The van der Waals surface area contributed by atoms with Gasteiger partial charge in [0, 0.05) is 24.8 Å². The van der Waals surface area contributed by atoms with Gasteiger partial charge in [-0.1, -0.05) is 18.2 Å². The topological polar surface area (TPSA) is 32.3 Å². The van der Waals surface area contributed by atoms with Gasteiger partial charge in [0.2, 0.25) is 0 Å². The first kappa shape index (κ1) is 14.1. The average molecular weight is 243 g/mol. The Morgan fingerprint density at radius 1 is 1.35 bits per heavy atom. The van der Waals surface area contributed by atoms with Crippen molar-refractivity contribution in [1.29, 1.82) is 0 Å². The highest BCUT2D eigenvalue weighted by Gasteiger charge is 2.07. The van der Waals surface area contributed by atoms with E-state index in [1.807, 2.05) is 13.0 Å². The van der Waals surface area contributed by atoms with Gasteiger partial charge in [-0.3, -0.25) is 0 Å². The van der Waals surface area contributed by atoms with E-state index in [4.69, 9.17) is 5.11 Å². The highest BCUT2D eigenvalue weighted by atomic mass is 19.3. The second-order valence-corrected chi connectivity index (χ2v) is 4.19. The van der Waals surface area contributed by atoms with Crippen molar-refractivity contribution in [3.8, 4) is 0 Å². The van der Waals surface area contributed by atoms with Crippen molar-refractivity contribution in [2.75, 3.05) is 6.61 Å². The second-order valence-electron chi connectivity index (χ2n) is 4.19. The van der Waals surface area contributed by atoms with Crippen molar-refractivity contribution in [1.82, 2.24) is 5.32 Å². The molecule has 0 spiro atoms. The van der Waals surface area contributed by atoms with Gasteiger partial charge in [-0.05, 0) is 31.4 Å². The minimum Gasteiger partial charge on any atom is -0.396 e. The van der Waals surface area contributed by atoms with Gasteiger partial charge >= 0.3 is 0 Å². The van der Waals surface area contributed by atoms with Crippen LogP contribution in [-0.2, 0) is 6.54 Å². The fourth-order valence-electron chi connectivity index (χ4n) is 1.63. The van der Waals surface area contributed by atoms with Gasteiger partial charge in [0.25, 0.3) is 6.43 Å². The van der Waals surface area contributed by atoms with E-state index in [9.17, 15) is 8.78 Å². The minimum atomic E-state index is -2.42. The monoisotopic (exact) mass is 243 g/mol. The van der Waals surface area contributed by atoms with Crippen LogP contribution in [0.25, 0.3) is 0 Å². The predicted molar refractivity (Wildman–Crippen MR) is 64.0 cm³/mol. The predicted octanol–water partition coefficient (Wildman–Crippen LogP) is 2.87. The van der Waals surface area contributed by atoms with E-state index in [0.29, 0.717) is 6.54 Å². The van der Waals surface area contributed by atoms with Crippen molar-refractivity contribution in [2.45, 2.75) is 38.8 Å². The molecule has 0 aliphatic rings. The van der Waals surface area contributed by atoms with Crippen LogP contribution in [0.15, 0.2) is 24.3 Å². The number of aliphatic hydroxyl groups is 1. The van der Waals surface area contributed by atoms with E-state index < -0.39 is 6.43 Å². The molecule has 1 aromatic rings. The van der Waals surface area contributed by atoms with Crippen LogP contribution in [0, 0.1) is 0 Å². The fourth-order valence-corrected chi connectivity index (χ4v) is 1.63. The molecule has 4 heteroatoms. The molecule has 0 amide bonds. The molecule has 17 heavy (non-hydrogen) atoms. The third-order valence-corrected chi connectivity index (χ3v) is 2.65. The Hall–Kier alpha value is -1.00. The van der Waals surface area contributed by atoms with Gasteiger partial charge < -0.3 is 10.4 Å². The molecule has 0 heterocycles. The molecule has 0 radical (unpaired) electrons. The number of halogens is 2. The number of benzene rings is 1. The molecular formula is C13H19F2NO. The Morgan fingerprint density at radius 3 is 2.76 bits per heavy atom. The minimum absolute atomic E-state index is 0.0623. The zero-order valence-electron chi connectivity index (χ0n) is 10.00. The number of nitrogens with one attached hydrogen (secondary N) is 1. The maximum Gasteiger partial charge on any atom is 0.263 e. The van der Waals surface area contributed by atoms with Gasteiger partial charge in [-0.25, -0.2) is 8.78 Å². The third-order valence-electron chi connectivity index (χ3n) is 2.65. The molecule has 96 valence electrons. The van der Waals surface area contributed by atoms with Crippen molar-refractivity contribution in [3.63, 3.8) is 0 Å². The summed E-state index contributed by atoms with van der Waals surface area (Å²) in [5, 5.41) is 11.9. The first-order valence-electron chi connectivity index (χ1n) is 5.84. The fraction of sp³-hybridized carbons (Fsp3) is 0.538. The molecule has 2 nitrogen and oxygen atoms in total. The summed E-state index contributed by atoms with van der Waals surface area (Å²) < 4.78 is 24.9. The number of rotatable bonds is 7. The molecule has 1 rings (SSSR count). The molecule has 0 bridgehead atoms. The molecule has 1 unspecified atom stereocenters. The van der Waals surface area contributed by atoms with Crippen LogP contribution in [0.1, 0.15) is 37.3 Å². The highest BCUT2D eigenvalue weighted by Crippen LogP contribution is 2.19. The van der Waals surface area contributed by atoms with Crippen LogP contribution in [0.4, 0.5) is 8.78 Å². The average Bonchev–Trinajstić information content (AvgIpc) is 2.34. The zero-order valence-corrected chi connectivity index (χ0v) is 10.00. The van der Waals surface area contributed by atoms with Crippen molar-refractivity contribution >= 4 is 0 Å². The van der Waals surface area contributed by atoms with Gasteiger partial charge in [-0.2, -0.15) is 0 Å². The molecule has 0 aromatic heterocycles. The maximum absolute atomic E-state index is 12.5. The zero-order chi connectivity index (χ0) is 12.7. The first-order valence-corrected chi connectivity index (χ1v) is 5.84. The molecule has 2 N–H and O–H groups in total. The molecule has 0 fully saturated rings. The van der Waals surface area contributed by atoms with Crippen LogP contribution in [-0.4, -0.2) is 17.8 Å². The summed E-state index contributed by atoms with van der Waals surface area (Å²) in [6, 6.07) is 6.71. The van der Waals surface area contributed by atoms with E-state index in [-0.39, 0.29) is 18.2 Å². The third kappa shape index (κ3) is 5.24. The summed E-state index contributed by atoms with van der Waals surface area (Å²) in [7, 11) is 0. The van der Waals surface area contributed by atoms with Crippen molar-refractivity contribution in [3.05, 3.63) is 35.4 Å². The number of hydrogen-bond donors (Lipinski definition) is 2. The molecule has 0 aliphatic carbocycles. The van der Waals surface area contributed by atoms with Crippen LogP contribution < -0.4 is 5.32 Å². The summed E-state index contributed by atoms with van der Waals surface area (Å²) in [6.45, 7) is 2.78. The van der Waals surface area contributed by atoms with Crippen LogP contribution >= 0.6 is 0 Å². The summed E-state index contributed by atoms with van der Waals surface area (Å²) in [6.07, 6.45) is -0.780. The van der Waals surface area contributed by atoms with E-state index in [0.717, 1.165) is 18.4 Å². The lowest BCUT2D eigenvalue weighted by atomic mass is 10.1. The largest absolute Gasteiger partial charge is 0.396 e. The van der Waals surface area contributed by atoms with Gasteiger partial charge in [0.1, 0.15) is 0 Å². The standard InChI is InChI=1S/C13H19F2NO/c1-10(4-3-7-17)16-9-11-5-2-6-12(8-11)13(14)15/h2,5-6,8,10,13,16-17H,3-4,7,9H2,1H3. The molecule has 0 saturated carbocycles. The summed E-state index contributed by atoms with van der Waals surface area (Å²) in [5.41, 5.74) is 0.922. The van der Waals surface area contributed by atoms with E-state index in [1.165, 1.54) is 12.1 Å². The summed E-state index contributed by atoms with van der Waals surface area (Å²) in [5.74, 6) is 0. The summed E-state index contributed by atoms with van der Waals surface area (Å²) >= 11 is 0. The SMILES string of the molecule is CC(CCCO)NCc1cccc(C(F)F)c1. The Balaban J connectivity index is 2.43. The highest BCUT2D eigenvalue weighted by molar-refractivity contribution is 5.24. The van der Waals surface area contributed by atoms with E-state index in [2.05, 4.69) is 5.32 Å². The molecule has 1 atom stereocenters. The number of aliphatic hydroxyl groups excluding tert-OH is 1. The molecule has 0 saturated heterocycles. The lowest BCUT2D eigenvalue weighted by Gasteiger charge is -2.13. The lowest BCUT2D eigenvalue weighted by molar-refractivity contribution is 0.151. The van der Waals surface area contributed by atoms with Gasteiger partial charge in [-0.15, -0.1) is 0 Å². The van der Waals surface area contributed by atoms with E-state index in [1.54, 1.807) is 6.07 Å². The normalized spacial score (nSPS) is 13.0. The molecular weight excluding hydrogens is 224 g/mol. The van der Waals surface area contributed by atoms with Crippen molar-refractivity contribution in [2.24, 2.45) is 0 Å². The second kappa shape index (κ2) is 7.35. The van der Waals surface area contributed by atoms with Crippen LogP contribution in [0.3, 0.4) is 0 Å². The van der Waals surface area contributed by atoms with Crippen LogP contribution in [0.5, 0.6) is 0 Å².